The lowest BCUT2D eigenvalue weighted by molar-refractivity contribution is 0.276. The van der Waals surface area contributed by atoms with Crippen LogP contribution in [0.1, 0.15) is 43.4 Å². The van der Waals surface area contributed by atoms with Crippen LogP contribution >= 0.6 is 0 Å². The van der Waals surface area contributed by atoms with E-state index in [9.17, 15) is 0 Å². The van der Waals surface area contributed by atoms with Crippen molar-refractivity contribution in [2.45, 2.75) is 38.1 Å². The first-order valence-corrected chi connectivity index (χ1v) is 8.86. The summed E-state index contributed by atoms with van der Waals surface area (Å²) in [6, 6.07) is 16.2. The standard InChI is InChI=1S/C20H25N5/c1-25(17-12-6-3-7-13-17)20(21)24-23-19(16-10-4-2-5-11-16)18-14-8-9-15-22-18/h2,4-5,8-11,14-15,17H,3,6-7,12-13H2,1H3,(H2,21,24)/b23-19+. The summed E-state index contributed by atoms with van der Waals surface area (Å²) in [6.07, 6.45) is 7.93. The number of benzene rings is 1. The lowest BCUT2D eigenvalue weighted by Gasteiger charge is -2.31. The number of hydrogen-bond donors (Lipinski definition) is 1. The highest BCUT2D eigenvalue weighted by Crippen LogP contribution is 2.21. The Balaban J connectivity index is 1.87. The summed E-state index contributed by atoms with van der Waals surface area (Å²) in [5.41, 5.74) is 8.68. The van der Waals surface area contributed by atoms with Crippen LogP contribution in [0.3, 0.4) is 0 Å². The molecule has 1 heterocycles. The maximum atomic E-state index is 6.20. The summed E-state index contributed by atoms with van der Waals surface area (Å²) in [7, 11) is 2.01. The second kappa shape index (κ2) is 8.42. The Bertz CT molecular complexity index is 677. The van der Waals surface area contributed by atoms with E-state index in [2.05, 4.69) is 20.1 Å². The van der Waals surface area contributed by atoms with Crippen LogP contribution in [0.4, 0.5) is 0 Å². The SMILES string of the molecule is CN(/C(N)=N/N=C(\c1ccccc1)c1ccccn1)C1CCCCC1. The van der Waals surface area contributed by atoms with E-state index in [0.29, 0.717) is 12.0 Å². The molecule has 1 aliphatic carbocycles. The molecule has 5 nitrogen and oxygen atoms in total. The Morgan fingerprint density at radius 1 is 1.00 bits per heavy atom. The van der Waals surface area contributed by atoms with Crippen molar-refractivity contribution < 1.29 is 0 Å². The minimum atomic E-state index is 0.455. The van der Waals surface area contributed by atoms with Gasteiger partial charge in [-0.05, 0) is 25.0 Å². The molecule has 0 atom stereocenters. The van der Waals surface area contributed by atoms with E-state index in [1.807, 2.05) is 55.6 Å². The van der Waals surface area contributed by atoms with E-state index in [0.717, 1.165) is 17.0 Å². The molecule has 1 saturated carbocycles. The second-order valence-electron chi connectivity index (χ2n) is 6.39. The van der Waals surface area contributed by atoms with Crippen LogP contribution in [0.25, 0.3) is 0 Å². The number of pyridine rings is 1. The summed E-state index contributed by atoms with van der Waals surface area (Å²) < 4.78 is 0. The van der Waals surface area contributed by atoms with Crippen LogP contribution in [0.5, 0.6) is 0 Å². The van der Waals surface area contributed by atoms with E-state index < -0.39 is 0 Å². The molecule has 1 aromatic carbocycles. The van der Waals surface area contributed by atoms with Gasteiger partial charge >= 0.3 is 0 Å². The van der Waals surface area contributed by atoms with Gasteiger partial charge in [0.1, 0.15) is 5.71 Å². The van der Waals surface area contributed by atoms with Gasteiger partial charge in [-0.15, -0.1) is 10.2 Å². The second-order valence-corrected chi connectivity index (χ2v) is 6.39. The van der Waals surface area contributed by atoms with Crippen molar-refractivity contribution in [2.75, 3.05) is 7.05 Å². The average Bonchev–Trinajstić information content (AvgIpc) is 2.70. The average molecular weight is 335 g/mol. The van der Waals surface area contributed by atoms with Crippen LogP contribution in [-0.2, 0) is 0 Å². The van der Waals surface area contributed by atoms with Crippen molar-refractivity contribution in [1.82, 2.24) is 9.88 Å². The molecule has 2 N–H and O–H groups in total. The van der Waals surface area contributed by atoms with Crippen molar-refractivity contribution >= 4 is 11.7 Å². The summed E-state index contributed by atoms with van der Waals surface area (Å²) in [5, 5.41) is 8.78. The Labute approximate surface area is 149 Å². The van der Waals surface area contributed by atoms with Gasteiger partial charge in [0.15, 0.2) is 0 Å². The van der Waals surface area contributed by atoms with Gasteiger partial charge in [0.05, 0.1) is 5.69 Å². The molecule has 3 rings (SSSR count). The lowest BCUT2D eigenvalue weighted by atomic mass is 9.95. The zero-order valence-corrected chi connectivity index (χ0v) is 14.7. The first-order chi connectivity index (χ1) is 12.3. The summed E-state index contributed by atoms with van der Waals surface area (Å²) in [6.45, 7) is 0. The third-order valence-electron chi connectivity index (χ3n) is 4.69. The molecule has 5 heteroatoms. The number of aromatic nitrogens is 1. The van der Waals surface area contributed by atoms with Gasteiger partial charge in [-0.1, -0.05) is 55.7 Å². The van der Waals surface area contributed by atoms with Crippen molar-refractivity contribution in [3.05, 3.63) is 66.0 Å². The molecule has 0 spiro atoms. The number of rotatable bonds is 4. The fraction of sp³-hybridized carbons (Fsp3) is 0.350. The zero-order chi connectivity index (χ0) is 17.5. The zero-order valence-electron chi connectivity index (χ0n) is 14.7. The van der Waals surface area contributed by atoms with Crippen LogP contribution in [0.2, 0.25) is 0 Å². The normalized spacial score (nSPS) is 16.7. The molecule has 1 fully saturated rings. The van der Waals surface area contributed by atoms with E-state index >= 15 is 0 Å². The summed E-state index contributed by atoms with van der Waals surface area (Å²) in [5.74, 6) is 0.455. The van der Waals surface area contributed by atoms with Gasteiger partial charge in [0.2, 0.25) is 5.96 Å². The third-order valence-corrected chi connectivity index (χ3v) is 4.69. The fourth-order valence-electron chi connectivity index (χ4n) is 3.18. The van der Waals surface area contributed by atoms with Gasteiger partial charge in [0, 0.05) is 24.8 Å². The Morgan fingerprint density at radius 3 is 2.40 bits per heavy atom. The molecule has 1 aromatic heterocycles. The third kappa shape index (κ3) is 4.44. The maximum Gasteiger partial charge on any atom is 0.216 e. The fourth-order valence-corrected chi connectivity index (χ4v) is 3.18. The molecule has 0 unspecified atom stereocenters. The number of hydrogen-bond acceptors (Lipinski definition) is 3. The van der Waals surface area contributed by atoms with Crippen LogP contribution in [0, 0.1) is 0 Å². The molecular weight excluding hydrogens is 310 g/mol. The predicted molar refractivity (Wildman–Crippen MR) is 103 cm³/mol. The quantitative estimate of drug-likeness (QED) is 0.529. The Hall–Kier alpha value is -2.69. The van der Waals surface area contributed by atoms with E-state index in [-0.39, 0.29) is 0 Å². The molecular formula is C20H25N5. The van der Waals surface area contributed by atoms with Gasteiger partial charge < -0.3 is 10.6 Å². The molecule has 0 saturated heterocycles. The highest BCUT2D eigenvalue weighted by atomic mass is 15.4. The maximum absolute atomic E-state index is 6.20. The topological polar surface area (TPSA) is 66.9 Å². The minimum absolute atomic E-state index is 0.455. The van der Waals surface area contributed by atoms with Gasteiger partial charge in [-0.3, -0.25) is 4.98 Å². The van der Waals surface area contributed by atoms with E-state index in [1.54, 1.807) is 6.20 Å². The van der Waals surface area contributed by atoms with Crippen LogP contribution < -0.4 is 5.73 Å². The molecule has 0 aliphatic heterocycles. The van der Waals surface area contributed by atoms with E-state index in [1.165, 1.54) is 32.1 Å². The summed E-state index contributed by atoms with van der Waals surface area (Å²) in [4.78, 5) is 6.47. The van der Waals surface area contributed by atoms with Crippen LogP contribution in [0.15, 0.2) is 64.9 Å². The number of nitrogens with zero attached hydrogens (tertiary/aromatic N) is 4. The Kier molecular flexibility index (Phi) is 5.77. The first kappa shape index (κ1) is 17.1. The van der Waals surface area contributed by atoms with E-state index in [4.69, 9.17) is 5.73 Å². The smallest absolute Gasteiger partial charge is 0.216 e. The van der Waals surface area contributed by atoms with Gasteiger partial charge in [0.25, 0.3) is 0 Å². The van der Waals surface area contributed by atoms with Crippen molar-refractivity contribution in [2.24, 2.45) is 15.9 Å². The summed E-state index contributed by atoms with van der Waals surface area (Å²) >= 11 is 0. The predicted octanol–water partition coefficient (Wildman–Crippen LogP) is 3.41. The number of guanidine groups is 1. The van der Waals surface area contributed by atoms with Crippen molar-refractivity contribution in [3.8, 4) is 0 Å². The molecule has 0 radical (unpaired) electrons. The number of nitrogens with two attached hydrogens (primary N) is 1. The molecule has 0 amide bonds. The highest BCUT2D eigenvalue weighted by Gasteiger charge is 2.19. The molecule has 2 aromatic rings. The van der Waals surface area contributed by atoms with Crippen LogP contribution in [-0.4, -0.2) is 34.6 Å². The van der Waals surface area contributed by atoms with Crippen molar-refractivity contribution in [1.29, 1.82) is 0 Å². The monoisotopic (exact) mass is 335 g/mol. The first-order valence-electron chi connectivity index (χ1n) is 8.86. The molecule has 130 valence electrons. The largest absolute Gasteiger partial charge is 0.368 e. The minimum Gasteiger partial charge on any atom is -0.368 e. The van der Waals surface area contributed by atoms with Gasteiger partial charge in [-0.2, -0.15) is 0 Å². The molecule has 25 heavy (non-hydrogen) atoms. The molecule has 0 bridgehead atoms. The molecule has 1 aliphatic rings. The van der Waals surface area contributed by atoms with Gasteiger partial charge in [-0.25, -0.2) is 0 Å². The van der Waals surface area contributed by atoms with Crippen molar-refractivity contribution in [3.63, 3.8) is 0 Å². The highest BCUT2D eigenvalue weighted by molar-refractivity contribution is 6.11. The Morgan fingerprint density at radius 2 is 1.72 bits per heavy atom. The lowest BCUT2D eigenvalue weighted by Crippen LogP contribution is -2.42.